The Morgan fingerprint density at radius 1 is 1.00 bits per heavy atom. The van der Waals surface area contributed by atoms with Crippen LogP contribution in [0, 0.1) is 5.92 Å². The monoisotopic (exact) mass is 239 g/mol. The van der Waals surface area contributed by atoms with Crippen molar-refractivity contribution in [3.05, 3.63) is 0 Å². The smallest absolute Gasteiger partial charge is 0.0587 e. The minimum atomic E-state index is 0.543. The molecule has 2 fully saturated rings. The van der Waals surface area contributed by atoms with Gasteiger partial charge in [0.15, 0.2) is 0 Å². The van der Waals surface area contributed by atoms with E-state index in [9.17, 15) is 0 Å². The molecule has 0 amide bonds. The highest BCUT2D eigenvalue weighted by Crippen LogP contribution is 2.22. The maximum absolute atomic E-state index is 5.77. The van der Waals surface area contributed by atoms with Crippen molar-refractivity contribution in [2.24, 2.45) is 5.92 Å². The van der Waals surface area contributed by atoms with Crippen molar-refractivity contribution < 1.29 is 4.74 Å². The topological polar surface area (TPSA) is 21.3 Å². The number of nitrogens with one attached hydrogen (secondary N) is 1. The highest BCUT2D eigenvalue weighted by Gasteiger charge is 2.17. The zero-order valence-corrected chi connectivity index (χ0v) is 11.4. The second kappa shape index (κ2) is 7.38. The van der Waals surface area contributed by atoms with Gasteiger partial charge in [-0.1, -0.05) is 19.8 Å². The van der Waals surface area contributed by atoms with Crippen molar-refractivity contribution in [2.75, 3.05) is 13.2 Å². The predicted octanol–water partition coefficient (Wildman–Crippen LogP) is 3.50. The van der Waals surface area contributed by atoms with Crippen molar-refractivity contribution in [1.29, 1.82) is 0 Å². The van der Waals surface area contributed by atoms with Crippen LogP contribution in [-0.4, -0.2) is 25.3 Å². The van der Waals surface area contributed by atoms with Gasteiger partial charge in [0, 0.05) is 12.6 Å². The van der Waals surface area contributed by atoms with Crippen LogP contribution in [-0.2, 0) is 4.74 Å². The fourth-order valence-electron chi connectivity index (χ4n) is 3.17. The molecule has 0 aromatic carbocycles. The second-order valence-corrected chi connectivity index (χ2v) is 6.04. The van der Waals surface area contributed by atoms with Gasteiger partial charge in [0.25, 0.3) is 0 Å². The first kappa shape index (κ1) is 13.4. The van der Waals surface area contributed by atoms with E-state index in [0.29, 0.717) is 6.10 Å². The minimum absolute atomic E-state index is 0.543. The van der Waals surface area contributed by atoms with Gasteiger partial charge >= 0.3 is 0 Å². The molecule has 2 aliphatic rings. The third-order valence-corrected chi connectivity index (χ3v) is 4.43. The van der Waals surface area contributed by atoms with Crippen LogP contribution < -0.4 is 5.32 Å². The number of ether oxygens (including phenoxy) is 1. The van der Waals surface area contributed by atoms with Gasteiger partial charge in [-0.05, 0) is 57.4 Å². The molecule has 1 aliphatic heterocycles. The van der Waals surface area contributed by atoms with Gasteiger partial charge in [0.2, 0.25) is 0 Å². The normalized spacial score (nSPS) is 35.5. The third-order valence-electron chi connectivity index (χ3n) is 4.43. The first-order valence-corrected chi connectivity index (χ1v) is 7.69. The zero-order valence-electron chi connectivity index (χ0n) is 11.4. The van der Waals surface area contributed by atoms with Crippen molar-refractivity contribution in [3.8, 4) is 0 Å². The molecule has 1 saturated carbocycles. The molecular formula is C15H29NO. The Labute approximate surface area is 107 Å². The molecule has 0 bridgehead atoms. The molecule has 2 rings (SSSR count). The summed E-state index contributed by atoms with van der Waals surface area (Å²) in [4.78, 5) is 0. The summed E-state index contributed by atoms with van der Waals surface area (Å²) < 4.78 is 5.77. The summed E-state index contributed by atoms with van der Waals surface area (Å²) in [7, 11) is 0. The summed E-state index contributed by atoms with van der Waals surface area (Å²) in [6.45, 7) is 4.55. The molecule has 0 aromatic heterocycles. The molecule has 0 radical (unpaired) electrons. The maximum atomic E-state index is 5.77. The van der Waals surface area contributed by atoms with Gasteiger partial charge in [0.05, 0.1) is 6.10 Å². The molecule has 0 spiro atoms. The van der Waals surface area contributed by atoms with Crippen molar-refractivity contribution in [3.63, 3.8) is 0 Å². The van der Waals surface area contributed by atoms with Gasteiger partial charge in [0.1, 0.15) is 0 Å². The van der Waals surface area contributed by atoms with Crippen LogP contribution in [0.1, 0.15) is 64.7 Å². The molecule has 2 nitrogen and oxygen atoms in total. The summed E-state index contributed by atoms with van der Waals surface area (Å²) in [6, 6.07) is 0.781. The molecule has 1 heterocycles. The fraction of sp³-hybridized carbons (Fsp3) is 1.00. The number of hydrogen-bond donors (Lipinski definition) is 1. The second-order valence-electron chi connectivity index (χ2n) is 6.04. The van der Waals surface area contributed by atoms with E-state index < -0.39 is 0 Å². The Morgan fingerprint density at radius 3 is 2.76 bits per heavy atom. The van der Waals surface area contributed by atoms with Gasteiger partial charge in [-0.2, -0.15) is 0 Å². The van der Waals surface area contributed by atoms with Crippen LogP contribution in [0.4, 0.5) is 0 Å². The average Bonchev–Trinajstić information content (AvgIpc) is 2.56. The lowest BCUT2D eigenvalue weighted by atomic mass is 10.0. The van der Waals surface area contributed by atoms with Gasteiger partial charge in [-0.15, -0.1) is 0 Å². The van der Waals surface area contributed by atoms with E-state index in [-0.39, 0.29) is 0 Å². The minimum Gasteiger partial charge on any atom is -0.378 e. The van der Waals surface area contributed by atoms with Crippen molar-refractivity contribution in [1.82, 2.24) is 5.32 Å². The number of rotatable bonds is 4. The van der Waals surface area contributed by atoms with Crippen LogP contribution in [0.5, 0.6) is 0 Å². The van der Waals surface area contributed by atoms with E-state index in [0.717, 1.165) is 25.1 Å². The summed E-state index contributed by atoms with van der Waals surface area (Å²) in [5.74, 6) is 0.948. The van der Waals surface area contributed by atoms with Gasteiger partial charge in [-0.25, -0.2) is 0 Å². The van der Waals surface area contributed by atoms with E-state index in [1.165, 1.54) is 57.8 Å². The quantitative estimate of drug-likeness (QED) is 0.758. The molecule has 1 saturated heterocycles. The third kappa shape index (κ3) is 4.97. The Hall–Kier alpha value is -0.0800. The Morgan fingerprint density at radius 2 is 1.94 bits per heavy atom. The fourth-order valence-corrected chi connectivity index (χ4v) is 3.17. The Bertz CT molecular complexity index is 201. The summed E-state index contributed by atoms with van der Waals surface area (Å²) in [5, 5.41) is 3.75. The lowest BCUT2D eigenvalue weighted by molar-refractivity contribution is 0.0111. The molecule has 100 valence electrons. The van der Waals surface area contributed by atoms with Gasteiger partial charge < -0.3 is 10.1 Å². The Balaban J connectivity index is 1.57. The first-order valence-electron chi connectivity index (χ1n) is 7.69. The van der Waals surface area contributed by atoms with E-state index in [1.807, 2.05) is 0 Å². The van der Waals surface area contributed by atoms with Crippen molar-refractivity contribution >= 4 is 0 Å². The highest BCUT2D eigenvalue weighted by atomic mass is 16.5. The zero-order chi connectivity index (χ0) is 11.9. The standard InChI is InChI=1S/C15H29NO/c1-13-5-4-6-14(9-8-13)16-11-10-15-7-2-3-12-17-15/h13-16H,2-12H2,1H3. The molecular weight excluding hydrogens is 210 g/mol. The molecule has 3 atom stereocenters. The lowest BCUT2D eigenvalue weighted by Gasteiger charge is -2.24. The van der Waals surface area contributed by atoms with E-state index >= 15 is 0 Å². The predicted molar refractivity (Wildman–Crippen MR) is 72.2 cm³/mol. The van der Waals surface area contributed by atoms with E-state index in [2.05, 4.69) is 12.2 Å². The van der Waals surface area contributed by atoms with Gasteiger partial charge in [-0.3, -0.25) is 0 Å². The van der Waals surface area contributed by atoms with Crippen molar-refractivity contribution in [2.45, 2.75) is 76.9 Å². The first-order chi connectivity index (χ1) is 8.34. The molecule has 1 N–H and O–H groups in total. The molecule has 0 aromatic rings. The summed E-state index contributed by atoms with van der Waals surface area (Å²) in [5.41, 5.74) is 0. The van der Waals surface area contributed by atoms with Crippen LogP contribution in [0.2, 0.25) is 0 Å². The molecule has 1 aliphatic carbocycles. The largest absolute Gasteiger partial charge is 0.378 e. The SMILES string of the molecule is CC1CCCC(NCCC2CCCCO2)CC1. The molecule has 2 heteroatoms. The van der Waals surface area contributed by atoms with E-state index in [1.54, 1.807) is 0 Å². The van der Waals surface area contributed by atoms with E-state index in [4.69, 9.17) is 4.74 Å². The molecule has 3 unspecified atom stereocenters. The highest BCUT2D eigenvalue weighted by molar-refractivity contribution is 4.74. The number of hydrogen-bond acceptors (Lipinski definition) is 2. The van der Waals surface area contributed by atoms with Crippen LogP contribution >= 0.6 is 0 Å². The Kier molecular flexibility index (Phi) is 5.79. The summed E-state index contributed by atoms with van der Waals surface area (Å²) in [6.07, 6.45) is 12.7. The van der Waals surface area contributed by atoms with Crippen LogP contribution in [0.25, 0.3) is 0 Å². The maximum Gasteiger partial charge on any atom is 0.0587 e. The van der Waals surface area contributed by atoms with Crippen LogP contribution in [0.3, 0.4) is 0 Å². The summed E-state index contributed by atoms with van der Waals surface area (Å²) >= 11 is 0. The molecule has 17 heavy (non-hydrogen) atoms. The lowest BCUT2D eigenvalue weighted by Crippen LogP contribution is -2.32. The average molecular weight is 239 g/mol. The van der Waals surface area contributed by atoms with Crippen LogP contribution in [0.15, 0.2) is 0 Å².